The lowest BCUT2D eigenvalue weighted by atomic mass is 9.81. The molecule has 1 aromatic rings. The van der Waals surface area contributed by atoms with Gasteiger partial charge in [-0.15, -0.1) is 12.6 Å². The second-order valence-electron chi connectivity index (χ2n) is 5.22. The van der Waals surface area contributed by atoms with Crippen LogP contribution in [-0.2, 0) is 6.42 Å². The summed E-state index contributed by atoms with van der Waals surface area (Å²) in [5.41, 5.74) is 4.30. The van der Waals surface area contributed by atoms with E-state index in [2.05, 4.69) is 49.7 Å². The van der Waals surface area contributed by atoms with Gasteiger partial charge in [0.25, 0.3) is 0 Å². The molecule has 0 spiro atoms. The van der Waals surface area contributed by atoms with Gasteiger partial charge in [-0.3, -0.25) is 0 Å². The molecule has 1 aliphatic rings. The van der Waals surface area contributed by atoms with Crippen LogP contribution in [0.1, 0.15) is 37.8 Å². The van der Waals surface area contributed by atoms with Gasteiger partial charge in [0.1, 0.15) is 12.9 Å². The lowest BCUT2D eigenvalue weighted by Crippen LogP contribution is -2.17. The van der Waals surface area contributed by atoms with Crippen LogP contribution in [0, 0.1) is 5.92 Å². The van der Waals surface area contributed by atoms with Crippen molar-refractivity contribution in [3.8, 4) is 5.88 Å². The highest BCUT2D eigenvalue weighted by Gasteiger charge is 2.18. The van der Waals surface area contributed by atoms with Gasteiger partial charge in [0, 0.05) is 0 Å². The Hall–Kier alpha value is -1.16. The van der Waals surface area contributed by atoms with Crippen molar-refractivity contribution in [2.75, 3.05) is 0 Å². The van der Waals surface area contributed by atoms with E-state index in [4.69, 9.17) is 0 Å². The van der Waals surface area contributed by atoms with Crippen molar-refractivity contribution >= 4 is 31.5 Å². The minimum absolute atomic E-state index is 0.0902. The molecule has 0 saturated heterocycles. The zero-order chi connectivity index (χ0) is 14.0. The lowest BCUT2D eigenvalue weighted by Gasteiger charge is -2.19. The Morgan fingerprint density at radius 3 is 2.89 bits per heavy atom. The number of rotatable bonds is 3. The third-order valence-electron chi connectivity index (χ3n) is 3.55. The molecular weight excluding hydrogens is 253 g/mol. The van der Waals surface area contributed by atoms with Crippen LogP contribution in [0.4, 0.5) is 0 Å². The van der Waals surface area contributed by atoms with E-state index in [0.717, 1.165) is 35.9 Å². The predicted molar refractivity (Wildman–Crippen MR) is 86.2 cm³/mol. The summed E-state index contributed by atoms with van der Waals surface area (Å²) in [6.45, 7) is 4.36. The highest BCUT2D eigenvalue weighted by molar-refractivity contribution is 7.80. The van der Waals surface area contributed by atoms with Gasteiger partial charge in [-0.25, -0.2) is 4.98 Å². The normalized spacial score (nSPS) is 18.5. The van der Waals surface area contributed by atoms with E-state index < -0.39 is 0 Å². The average Bonchev–Trinajstić information content (AvgIpc) is 2.36. The molecule has 0 bridgehead atoms. The number of hydrogen-bond acceptors (Lipinski definition) is 3. The maximum Gasteiger partial charge on any atom is 0.205 e. The summed E-state index contributed by atoms with van der Waals surface area (Å²) < 4.78 is 0. The standard InChI is InChI=1S/C15H20BNOS/c1-3-5-11-12(10-7-4-6-9(2)8-10)13(16)14(18)17-15(11)19/h4,7-9H,3,5-6,16H2,1-2H3,(H2,17,18,19). The maximum atomic E-state index is 9.96. The summed E-state index contributed by atoms with van der Waals surface area (Å²) in [5, 5.41) is 10.6. The summed E-state index contributed by atoms with van der Waals surface area (Å²) in [4.78, 5) is 4.13. The first-order chi connectivity index (χ1) is 9.04. The number of aromatic nitrogens is 1. The molecule has 1 atom stereocenters. The molecule has 0 amide bonds. The largest absolute Gasteiger partial charge is 0.494 e. The molecule has 1 unspecified atom stereocenters. The van der Waals surface area contributed by atoms with Crippen LogP contribution in [-0.4, -0.2) is 17.9 Å². The molecule has 0 saturated carbocycles. The van der Waals surface area contributed by atoms with Crippen LogP contribution in [0.25, 0.3) is 5.57 Å². The second kappa shape index (κ2) is 5.87. The monoisotopic (exact) mass is 273 g/mol. The first-order valence-corrected chi connectivity index (χ1v) is 7.29. The van der Waals surface area contributed by atoms with Gasteiger partial charge < -0.3 is 5.11 Å². The molecule has 2 nitrogen and oxygen atoms in total. The average molecular weight is 273 g/mol. The van der Waals surface area contributed by atoms with Crippen molar-refractivity contribution < 1.29 is 5.11 Å². The minimum atomic E-state index is 0.0902. The molecule has 0 aromatic carbocycles. The van der Waals surface area contributed by atoms with Crippen LogP contribution in [0.3, 0.4) is 0 Å². The third kappa shape index (κ3) is 2.89. The molecule has 0 radical (unpaired) electrons. The molecular formula is C15H20BNOS. The third-order valence-corrected chi connectivity index (χ3v) is 3.92. The molecule has 19 heavy (non-hydrogen) atoms. The van der Waals surface area contributed by atoms with Gasteiger partial charge in [-0.05, 0) is 40.9 Å². The molecule has 1 heterocycles. The van der Waals surface area contributed by atoms with Crippen molar-refractivity contribution in [1.82, 2.24) is 4.98 Å². The molecule has 1 aliphatic carbocycles. The molecule has 0 fully saturated rings. The van der Waals surface area contributed by atoms with Gasteiger partial charge in [-0.2, -0.15) is 0 Å². The van der Waals surface area contributed by atoms with E-state index in [9.17, 15) is 5.11 Å². The van der Waals surface area contributed by atoms with Crippen molar-refractivity contribution in [2.24, 2.45) is 5.92 Å². The Morgan fingerprint density at radius 1 is 1.53 bits per heavy atom. The van der Waals surface area contributed by atoms with Crippen LogP contribution in [0.5, 0.6) is 5.88 Å². The van der Waals surface area contributed by atoms with Crippen LogP contribution < -0.4 is 5.46 Å². The highest BCUT2D eigenvalue weighted by atomic mass is 32.1. The summed E-state index contributed by atoms with van der Waals surface area (Å²) in [7, 11) is 1.93. The molecule has 4 heteroatoms. The summed E-state index contributed by atoms with van der Waals surface area (Å²) in [5.74, 6) is 0.625. The fraction of sp³-hybridized carbons (Fsp3) is 0.400. The van der Waals surface area contributed by atoms with Crippen molar-refractivity contribution in [2.45, 2.75) is 38.1 Å². The maximum absolute atomic E-state index is 9.96. The van der Waals surface area contributed by atoms with E-state index in [-0.39, 0.29) is 5.88 Å². The number of hydrogen-bond donors (Lipinski definition) is 2. The van der Waals surface area contributed by atoms with Gasteiger partial charge in [0.2, 0.25) is 5.88 Å². The molecule has 100 valence electrons. The highest BCUT2D eigenvalue weighted by Crippen LogP contribution is 2.30. The first-order valence-electron chi connectivity index (χ1n) is 6.84. The number of thiol groups is 1. The molecule has 1 N–H and O–H groups in total. The Morgan fingerprint density at radius 2 is 2.26 bits per heavy atom. The SMILES string of the molecule is Bc1c(O)nc(S)c(CCC)c1C1=CC(C)CC=C1. The Labute approximate surface area is 121 Å². The first kappa shape index (κ1) is 14.3. The summed E-state index contributed by atoms with van der Waals surface area (Å²) in [6.07, 6.45) is 9.67. The Balaban J connectivity index is 2.63. The van der Waals surface area contributed by atoms with Gasteiger partial charge in [-0.1, -0.05) is 38.5 Å². The molecule has 0 aliphatic heterocycles. The number of allylic oxidation sites excluding steroid dienone is 4. The topological polar surface area (TPSA) is 33.1 Å². The predicted octanol–water partition coefficient (Wildman–Crippen LogP) is 2.27. The van der Waals surface area contributed by atoms with E-state index in [0.29, 0.717) is 10.9 Å². The summed E-state index contributed by atoms with van der Waals surface area (Å²) >= 11 is 4.44. The Bertz CT molecular complexity index is 552. The Kier molecular flexibility index (Phi) is 4.40. The fourth-order valence-corrected chi connectivity index (χ4v) is 2.90. The van der Waals surface area contributed by atoms with Gasteiger partial charge in [0.15, 0.2) is 0 Å². The zero-order valence-electron chi connectivity index (χ0n) is 11.8. The molecule has 2 rings (SSSR count). The minimum Gasteiger partial charge on any atom is -0.494 e. The van der Waals surface area contributed by atoms with Crippen LogP contribution >= 0.6 is 12.6 Å². The van der Waals surface area contributed by atoms with Crippen molar-refractivity contribution in [1.29, 1.82) is 0 Å². The zero-order valence-corrected chi connectivity index (χ0v) is 12.7. The second-order valence-corrected chi connectivity index (χ2v) is 5.65. The lowest BCUT2D eigenvalue weighted by molar-refractivity contribution is 0.452. The van der Waals surface area contributed by atoms with Crippen molar-refractivity contribution in [3.05, 3.63) is 29.4 Å². The number of pyridine rings is 1. The van der Waals surface area contributed by atoms with Gasteiger partial charge >= 0.3 is 0 Å². The van der Waals surface area contributed by atoms with Crippen molar-refractivity contribution in [3.63, 3.8) is 0 Å². The van der Waals surface area contributed by atoms with E-state index in [1.807, 2.05) is 7.85 Å². The van der Waals surface area contributed by atoms with Crippen LogP contribution in [0.2, 0.25) is 0 Å². The fourth-order valence-electron chi connectivity index (χ4n) is 2.59. The van der Waals surface area contributed by atoms with E-state index >= 15 is 0 Å². The quantitative estimate of drug-likeness (QED) is 0.654. The smallest absolute Gasteiger partial charge is 0.205 e. The van der Waals surface area contributed by atoms with E-state index in [1.54, 1.807) is 0 Å². The molecule has 1 aromatic heterocycles. The number of nitrogens with zero attached hydrogens (tertiary/aromatic N) is 1. The van der Waals surface area contributed by atoms with E-state index in [1.165, 1.54) is 5.57 Å². The summed E-state index contributed by atoms with van der Waals surface area (Å²) in [6, 6.07) is 0. The van der Waals surface area contributed by atoms with Gasteiger partial charge in [0.05, 0.1) is 0 Å². The van der Waals surface area contributed by atoms with Crippen LogP contribution in [0.15, 0.2) is 23.3 Å². The number of aromatic hydroxyl groups is 1.